The Morgan fingerprint density at radius 3 is 2.71 bits per heavy atom. The van der Waals surface area contributed by atoms with Gasteiger partial charge in [0, 0.05) is 22.4 Å². The largest absolute Gasteiger partial charge is 0.462 e. The molecule has 0 amide bonds. The molecule has 0 saturated heterocycles. The van der Waals surface area contributed by atoms with Gasteiger partial charge in [0.25, 0.3) is 5.56 Å². The second-order valence-electron chi connectivity index (χ2n) is 6.52. The Kier molecular flexibility index (Phi) is 4.31. The highest BCUT2D eigenvalue weighted by Gasteiger charge is 2.23. The van der Waals surface area contributed by atoms with E-state index in [4.69, 9.17) is 10.5 Å². The molecule has 0 atom stereocenters. The van der Waals surface area contributed by atoms with Crippen LogP contribution in [0.15, 0.2) is 59.5 Å². The van der Waals surface area contributed by atoms with E-state index < -0.39 is 5.97 Å². The molecule has 0 aliphatic carbocycles. The van der Waals surface area contributed by atoms with Crippen molar-refractivity contribution in [3.8, 4) is 5.69 Å². The normalized spacial score (nSPS) is 11.1. The molecule has 0 bridgehead atoms. The van der Waals surface area contributed by atoms with Crippen molar-refractivity contribution in [2.75, 3.05) is 12.3 Å². The maximum atomic E-state index is 13.4. The van der Waals surface area contributed by atoms with E-state index in [1.165, 1.54) is 4.57 Å². The molecule has 0 aliphatic heterocycles. The van der Waals surface area contributed by atoms with Crippen LogP contribution in [0.1, 0.15) is 22.8 Å². The van der Waals surface area contributed by atoms with Gasteiger partial charge in [-0.05, 0) is 32.0 Å². The van der Waals surface area contributed by atoms with Crippen LogP contribution in [0, 0.1) is 6.92 Å². The van der Waals surface area contributed by atoms with E-state index >= 15 is 0 Å². The summed E-state index contributed by atoms with van der Waals surface area (Å²) in [6.45, 7) is 3.83. The van der Waals surface area contributed by atoms with Crippen LogP contribution in [-0.2, 0) is 4.74 Å². The summed E-state index contributed by atoms with van der Waals surface area (Å²) in [5.74, 6) is -0.520. The van der Waals surface area contributed by atoms with Gasteiger partial charge < -0.3 is 10.5 Å². The van der Waals surface area contributed by atoms with Crippen LogP contribution < -0.4 is 11.3 Å². The van der Waals surface area contributed by atoms with Gasteiger partial charge in [0.15, 0.2) is 0 Å². The van der Waals surface area contributed by atoms with Gasteiger partial charge in [-0.2, -0.15) is 0 Å². The summed E-state index contributed by atoms with van der Waals surface area (Å²) in [7, 11) is 0. The van der Waals surface area contributed by atoms with Crippen molar-refractivity contribution in [3.05, 3.63) is 76.2 Å². The van der Waals surface area contributed by atoms with Crippen molar-refractivity contribution >= 4 is 33.5 Å². The molecule has 0 fully saturated rings. The van der Waals surface area contributed by atoms with Crippen LogP contribution in [-0.4, -0.2) is 22.1 Å². The molecule has 2 aromatic heterocycles. The predicted molar refractivity (Wildman–Crippen MR) is 110 cm³/mol. The number of aromatic nitrogens is 2. The van der Waals surface area contributed by atoms with E-state index in [-0.39, 0.29) is 23.5 Å². The number of fused-ring (bicyclic) bond motifs is 2. The third-order valence-electron chi connectivity index (χ3n) is 4.71. The second kappa shape index (κ2) is 6.81. The molecule has 6 nitrogen and oxygen atoms in total. The van der Waals surface area contributed by atoms with Gasteiger partial charge in [0.05, 0.1) is 17.8 Å². The molecule has 2 aromatic carbocycles. The van der Waals surface area contributed by atoms with Crippen LogP contribution >= 0.6 is 0 Å². The molecule has 0 unspecified atom stereocenters. The first-order valence-corrected chi connectivity index (χ1v) is 8.99. The number of ether oxygens (including phenoxy) is 1. The third kappa shape index (κ3) is 2.70. The molecule has 2 heterocycles. The first kappa shape index (κ1) is 17.7. The quantitative estimate of drug-likeness (QED) is 0.554. The van der Waals surface area contributed by atoms with Gasteiger partial charge >= 0.3 is 5.97 Å². The van der Waals surface area contributed by atoms with Crippen LogP contribution in [0.4, 0.5) is 5.82 Å². The summed E-state index contributed by atoms with van der Waals surface area (Å²) in [5, 5.41) is 1.76. The summed E-state index contributed by atoms with van der Waals surface area (Å²) in [5.41, 5.74) is 8.32. The summed E-state index contributed by atoms with van der Waals surface area (Å²) in [4.78, 5) is 30.5. The summed E-state index contributed by atoms with van der Waals surface area (Å²) >= 11 is 0. The van der Waals surface area contributed by atoms with E-state index in [1.807, 2.05) is 37.3 Å². The van der Waals surface area contributed by atoms with Crippen molar-refractivity contribution in [2.24, 2.45) is 0 Å². The van der Waals surface area contributed by atoms with E-state index in [9.17, 15) is 9.59 Å². The number of para-hydroxylation sites is 1. The zero-order valence-electron chi connectivity index (χ0n) is 15.6. The van der Waals surface area contributed by atoms with E-state index in [0.717, 1.165) is 10.9 Å². The number of carbonyl (C=O) groups excluding carboxylic acids is 1. The maximum absolute atomic E-state index is 13.4. The lowest BCUT2D eigenvalue weighted by molar-refractivity contribution is 0.0529. The number of carbonyl (C=O) groups is 1. The Labute approximate surface area is 161 Å². The topological polar surface area (TPSA) is 87.2 Å². The minimum Gasteiger partial charge on any atom is -0.462 e. The summed E-state index contributed by atoms with van der Waals surface area (Å²) in [6, 6.07) is 14.6. The van der Waals surface area contributed by atoms with E-state index in [0.29, 0.717) is 22.0 Å². The predicted octanol–water partition coefficient (Wildman–Crippen LogP) is 3.61. The molecule has 0 aliphatic rings. The van der Waals surface area contributed by atoms with E-state index in [1.54, 1.807) is 31.3 Å². The Hall–Kier alpha value is -3.67. The molecule has 4 aromatic rings. The molecule has 0 saturated carbocycles. The SMILES string of the molecule is CCOC(=O)c1c(N)n(-c2cccc3cccnc23)c(=O)c2cc(C)ccc12. The zero-order chi connectivity index (χ0) is 19.8. The average Bonchev–Trinajstić information content (AvgIpc) is 2.69. The van der Waals surface area contributed by atoms with Gasteiger partial charge in [-0.15, -0.1) is 0 Å². The third-order valence-corrected chi connectivity index (χ3v) is 4.71. The summed E-state index contributed by atoms with van der Waals surface area (Å²) in [6.07, 6.45) is 1.66. The molecule has 28 heavy (non-hydrogen) atoms. The number of anilines is 1. The number of rotatable bonds is 3. The smallest absolute Gasteiger partial charge is 0.342 e. The fourth-order valence-electron chi connectivity index (χ4n) is 3.46. The Morgan fingerprint density at radius 2 is 1.93 bits per heavy atom. The number of aryl methyl sites for hydroxylation is 1. The molecule has 140 valence electrons. The number of pyridine rings is 2. The van der Waals surface area contributed by atoms with Crippen molar-refractivity contribution in [1.82, 2.24) is 9.55 Å². The first-order valence-electron chi connectivity index (χ1n) is 8.99. The fourth-order valence-corrected chi connectivity index (χ4v) is 3.46. The lowest BCUT2D eigenvalue weighted by Gasteiger charge is -2.17. The highest BCUT2D eigenvalue weighted by Crippen LogP contribution is 2.28. The van der Waals surface area contributed by atoms with Crippen LogP contribution in [0.3, 0.4) is 0 Å². The van der Waals surface area contributed by atoms with Crippen molar-refractivity contribution in [3.63, 3.8) is 0 Å². The Bertz CT molecular complexity index is 1290. The highest BCUT2D eigenvalue weighted by atomic mass is 16.5. The van der Waals surface area contributed by atoms with E-state index in [2.05, 4.69) is 4.98 Å². The van der Waals surface area contributed by atoms with Crippen LogP contribution in [0.2, 0.25) is 0 Å². The Morgan fingerprint density at radius 1 is 1.14 bits per heavy atom. The molecule has 6 heteroatoms. The van der Waals surface area contributed by atoms with Gasteiger partial charge in [-0.1, -0.05) is 35.9 Å². The standard InChI is InChI=1S/C22H19N3O3/c1-3-28-22(27)18-15-10-9-13(2)12-16(15)21(26)25(20(18)23)17-8-4-6-14-7-5-11-24-19(14)17/h4-12H,3,23H2,1-2H3. The van der Waals surface area contributed by atoms with Crippen molar-refractivity contribution < 1.29 is 9.53 Å². The number of esters is 1. The van der Waals surface area contributed by atoms with Gasteiger partial charge in [0.1, 0.15) is 11.4 Å². The monoisotopic (exact) mass is 373 g/mol. The molecule has 4 rings (SSSR count). The van der Waals surface area contributed by atoms with Gasteiger partial charge in [-0.25, -0.2) is 4.79 Å². The van der Waals surface area contributed by atoms with Crippen LogP contribution in [0.5, 0.6) is 0 Å². The number of nitrogen functional groups attached to an aromatic ring is 1. The van der Waals surface area contributed by atoms with Gasteiger partial charge in [-0.3, -0.25) is 14.3 Å². The number of hydrogen-bond acceptors (Lipinski definition) is 5. The zero-order valence-corrected chi connectivity index (χ0v) is 15.6. The van der Waals surface area contributed by atoms with Crippen LogP contribution in [0.25, 0.3) is 27.4 Å². The summed E-state index contributed by atoms with van der Waals surface area (Å²) < 4.78 is 6.57. The minimum absolute atomic E-state index is 0.0398. The number of nitrogens with zero attached hydrogens (tertiary/aromatic N) is 2. The number of nitrogens with two attached hydrogens (primary N) is 1. The fraction of sp³-hybridized carbons (Fsp3) is 0.136. The first-order chi connectivity index (χ1) is 13.5. The molecule has 0 spiro atoms. The van der Waals surface area contributed by atoms with Gasteiger partial charge in [0.2, 0.25) is 0 Å². The molecular weight excluding hydrogens is 354 g/mol. The molecular formula is C22H19N3O3. The maximum Gasteiger partial charge on any atom is 0.342 e. The average molecular weight is 373 g/mol. The Balaban J connectivity index is 2.17. The van der Waals surface area contributed by atoms with Crippen molar-refractivity contribution in [2.45, 2.75) is 13.8 Å². The molecule has 2 N–H and O–H groups in total. The number of benzene rings is 2. The lowest BCUT2D eigenvalue weighted by Crippen LogP contribution is -2.26. The number of hydrogen-bond donors (Lipinski definition) is 1. The second-order valence-corrected chi connectivity index (χ2v) is 6.52. The minimum atomic E-state index is -0.559. The lowest BCUT2D eigenvalue weighted by atomic mass is 10.0. The molecule has 0 radical (unpaired) electrons. The van der Waals surface area contributed by atoms with Crippen molar-refractivity contribution in [1.29, 1.82) is 0 Å². The highest BCUT2D eigenvalue weighted by molar-refractivity contribution is 6.08.